The van der Waals surface area contributed by atoms with E-state index in [0.29, 0.717) is 12.0 Å². The third kappa shape index (κ3) is 4.26. The van der Waals surface area contributed by atoms with Crippen molar-refractivity contribution >= 4 is 15.6 Å². The first kappa shape index (κ1) is 14.9. The molecule has 0 radical (unpaired) electrons. The fourth-order valence-electron chi connectivity index (χ4n) is 1.75. The third-order valence-corrected chi connectivity index (χ3v) is 4.47. The van der Waals surface area contributed by atoms with E-state index < -0.39 is 9.84 Å². The summed E-state index contributed by atoms with van der Waals surface area (Å²) < 4.78 is 23.5. The van der Waals surface area contributed by atoms with Gasteiger partial charge in [-0.3, -0.25) is 4.79 Å². The molecule has 18 heavy (non-hydrogen) atoms. The number of unbranched alkanes of at least 4 members (excludes halogenated alkanes) is 1. The minimum atomic E-state index is -3.27. The normalized spacial score (nSPS) is 11.5. The second kappa shape index (κ2) is 6.14. The summed E-state index contributed by atoms with van der Waals surface area (Å²) in [4.78, 5) is 12.0. The van der Waals surface area contributed by atoms with Gasteiger partial charge in [-0.1, -0.05) is 31.0 Å². The van der Waals surface area contributed by atoms with Crippen molar-refractivity contribution in [2.75, 3.05) is 11.5 Å². The van der Waals surface area contributed by atoms with Crippen molar-refractivity contribution < 1.29 is 13.2 Å². The molecular weight excluding hydrogens is 248 g/mol. The van der Waals surface area contributed by atoms with Gasteiger partial charge in [0.15, 0.2) is 15.6 Å². The summed E-state index contributed by atoms with van der Waals surface area (Å²) >= 11 is 0. The van der Waals surface area contributed by atoms with Gasteiger partial charge in [0.1, 0.15) is 5.75 Å². The molecule has 1 aromatic carbocycles. The van der Waals surface area contributed by atoms with Crippen molar-refractivity contribution in [3.63, 3.8) is 0 Å². The number of carbonyl (C=O) groups excluding carboxylic acids is 1. The molecule has 0 aliphatic heterocycles. The summed E-state index contributed by atoms with van der Waals surface area (Å²) in [5.41, 5.74) is 2.32. The number of hydrogen-bond acceptors (Lipinski definition) is 3. The number of hydrogen-bond donors (Lipinski definition) is 0. The van der Waals surface area contributed by atoms with Gasteiger partial charge in [-0.25, -0.2) is 8.42 Å². The minimum Gasteiger partial charge on any atom is -0.293 e. The van der Waals surface area contributed by atoms with E-state index in [1.54, 1.807) is 6.07 Å². The molecule has 0 bridgehead atoms. The summed E-state index contributed by atoms with van der Waals surface area (Å²) in [7, 11) is -3.27. The van der Waals surface area contributed by atoms with Crippen LogP contribution in [0.25, 0.3) is 0 Å². The van der Waals surface area contributed by atoms with Crippen LogP contribution >= 0.6 is 0 Å². The lowest BCUT2D eigenvalue weighted by atomic mass is 10.0. The van der Waals surface area contributed by atoms with Crippen molar-refractivity contribution in [2.45, 2.75) is 33.6 Å². The fourth-order valence-corrected chi connectivity index (χ4v) is 3.18. The first-order valence-electron chi connectivity index (χ1n) is 6.16. The molecule has 0 heterocycles. The maximum atomic E-state index is 12.0. The van der Waals surface area contributed by atoms with Gasteiger partial charge in [0.2, 0.25) is 0 Å². The van der Waals surface area contributed by atoms with Gasteiger partial charge < -0.3 is 0 Å². The Bertz CT molecular complexity index is 530. The zero-order chi connectivity index (χ0) is 13.8. The van der Waals surface area contributed by atoms with Crippen molar-refractivity contribution in [2.24, 2.45) is 0 Å². The number of benzene rings is 1. The molecule has 4 heteroatoms. The van der Waals surface area contributed by atoms with E-state index in [2.05, 4.69) is 0 Å². The lowest BCUT2D eigenvalue weighted by Crippen LogP contribution is -2.19. The van der Waals surface area contributed by atoms with Crippen molar-refractivity contribution in [1.82, 2.24) is 0 Å². The SMILES string of the molecule is CCCCS(=O)(=O)CC(=O)c1cc(C)ccc1C. The lowest BCUT2D eigenvalue weighted by molar-refractivity contribution is 0.102. The second-order valence-electron chi connectivity index (χ2n) is 4.69. The Morgan fingerprint density at radius 3 is 2.50 bits per heavy atom. The largest absolute Gasteiger partial charge is 0.293 e. The maximum Gasteiger partial charge on any atom is 0.178 e. The lowest BCUT2D eigenvalue weighted by Gasteiger charge is -2.07. The Morgan fingerprint density at radius 1 is 1.22 bits per heavy atom. The molecule has 0 aromatic heterocycles. The highest BCUT2D eigenvalue weighted by molar-refractivity contribution is 7.92. The molecule has 0 amide bonds. The van der Waals surface area contributed by atoms with Gasteiger partial charge in [-0.05, 0) is 31.9 Å². The highest BCUT2D eigenvalue weighted by atomic mass is 32.2. The molecule has 0 saturated heterocycles. The van der Waals surface area contributed by atoms with E-state index in [-0.39, 0.29) is 17.3 Å². The predicted molar refractivity (Wildman–Crippen MR) is 73.8 cm³/mol. The molecular formula is C14H20O3S. The van der Waals surface area contributed by atoms with Gasteiger partial charge in [0.05, 0.1) is 5.75 Å². The van der Waals surface area contributed by atoms with Gasteiger partial charge in [-0.2, -0.15) is 0 Å². The first-order valence-corrected chi connectivity index (χ1v) is 7.98. The monoisotopic (exact) mass is 268 g/mol. The van der Waals surface area contributed by atoms with E-state index >= 15 is 0 Å². The summed E-state index contributed by atoms with van der Waals surface area (Å²) in [6.07, 6.45) is 1.43. The van der Waals surface area contributed by atoms with Crippen LogP contribution in [0.1, 0.15) is 41.3 Å². The van der Waals surface area contributed by atoms with E-state index in [4.69, 9.17) is 0 Å². The van der Waals surface area contributed by atoms with Gasteiger partial charge in [0.25, 0.3) is 0 Å². The molecule has 0 aliphatic carbocycles. The number of aryl methyl sites for hydroxylation is 2. The Hall–Kier alpha value is -1.16. The molecule has 1 aromatic rings. The summed E-state index contributed by atoms with van der Waals surface area (Å²) in [5, 5.41) is 0. The molecule has 0 N–H and O–H groups in total. The van der Waals surface area contributed by atoms with E-state index in [1.807, 2.05) is 32.9 Å². The van der Waals surface area contributed by atoms with Crippen LogP contribution < -0.4 is 0 Å². The fraction of sp³-hybridized carbons (Fsp3) is 0.500. The summed E-state index contributed by atoms with van der Waals surface area (Å²) in [6, 6.07) is 5.52. The van der Waals surface area contributed by atoms with E-state index in [0.717, 1.165) is 17.5 Å². The zero-order valence-electron chi connectivity index (χ0n) is 11.2. The quantitative estimate of drug-likeness (QED) is 0.745. The van der Waals surface area contributed by atoms with E-state index in [1.165, 1.54) is 0 Å². The van der Waals surface area contributed by atoms with Crippen molar-refractivity contribution in [1.29, 1.82) is 0 Å². The Kier molecular flexibility index (Phi) is 5.08. The van der Waals surface area contributed by atoms with Crippen LogP contribution in [0.4, 0.5) is 0 Å². The number of ketones is 1. The van der Waals surface area contributed by atoms with Gasteiger partial charge in [-0.15, -0.1) is 0 Å². The second-order valence-corrected chi connectivity index (χ2v) is 6.87. The van der Waals surface area contributed by atoms with Crippen LogP contribution in [0.2, 0.25) is 0 Å². The van der Waals surface area contributed by atoms with Crippen molar-refractivity contribution in [3.8, 4) is 0 Å². The number of carbonyl (C=O) groups is 1. The Labute approximate surface area is 109 Å². The first-order chi connectivity index (χ1) is 8.35. The van der Waals surface area contributed by atoms with Gasteiger partial charge in [0, 0.05) is 5.56 Å². The number of Topliss-reactive ketones (excluding diaryl/α,β-unsaturated/α-hetero) is 1. The molecule has 1 rings (SSSR count). The number of rotatable bonds is 6. The molecule has 0 aliphatic rings. The molecule has 100 valence electrons. The van der Waals surface area contributed by atoms with Gasteiger partial charge >= 0.3 is 0 Å². The standard InChI is InChI=1S/C14H20O3S/c1-4-5-8-18(16,17)10-14(15)13-9-11(2)6-7-12(13)3/h6-7,9H,4-5,8,10H2,1-3H3. The average molecular weight is 268 g/mol. The van der Waals surface area contributed by atoms with E-state index in [9.17, 15) is 13.2 Å². The van der Waals surface area contributed by atoms with Crippen LogP contribution in [0.3, 0.4) is 0 Å². The topological polar surface area (TPSA) is 51.2 Å². The van der Waals surface area contributed by atoms with Crippen LogP contribution in [0.5, 0.6) is 0 Å². The molecule has 0 atom stereocenters. The molecule has 0 fully saturated rings. The zero-order valence-corrected chi connectivity index (χ0v) is 12.0. The average Bonchev–Trinajstić information content (AvgIpc) is 2.29. The molecule has 3 nitrogen and oxygen atoms in total. The Balaban J connectivity index is 2.86. The number of sulfone groups is 1. The van der Waals surface area contributed by atoms with Crippen LogP contribution in [-0.4, -0.2) is 25.7 Å². The minimum absolute atomic E-state index is 0.0973. The third-order valence-electron chi connectivity index (χ3n) is 2.85. The maximum absolute atomic E-state index is 12.0. The Morgan fingerprint density at radius 2 is 1.89 bits per heavy atom. The highest BCUT2D eigenvalue weighted by Crippen LogP contribution is 2.13. The van der Waals surface area contributed by atoms with Crippen molar-refractivity contribution in [3.05, 3.63) is 34.9 Å². The smallest absolute Gasteiger partial charge is 0.178 e. The van der Waals surface area contributed by atoms with Crippen LogP contribution in [0, 0.1) is 13.8 Å². The predicted octanol–water partition coefficient (Wildman–Crippen LogP) is 2.70. The molecule has 0 unspecified atom stereocenters. The summed E-state index contributed by atoms with van der Waals surface area (Å²) in [5.74, 6) is -0.579. The molecule has 0 saturated carbocycles. The van der Waals surface area contributed by atoms with Crippen LogP contribution in [0.15, 0.2) is 18.2 Å². The summed E-state index contributed by atoms with van der Waals surface area (Å²) in [6.45, 7) is 5.65. The van der Waals surface area contributed by atoms with Crippen LogP contribution in [-0.2, 0) is 9.84 Å². The highest BCUT2D eigenvalue weighted by Gasteiger charge is 2.18. The molecule has 0 spiro atoms.